The average Bonchev–Trinajstić information content (AvgIpc) is 3.49. The maximum Gasteiger partial charge on any atom is 0.280 e. The van der Waals surface area contributed by atoms with E-state index in [0.29, 0.717) is 11.3 Å². The van der Waals surface area contributed by atoms with E-state index in [1.54, 1.807) is 6.33 Å². The van der Waals surface area contributed by atoms with E-state index < -0.39 is 6.43 Å². The summed E-state index contributed by atoms with van der Waals surface area (Å²) < 4.78 is 30.5. The molecule has 2 aliphatic heterocycles. The lowest BCUT2D eigenvalue weighted by atomic mass is 9.86. The number of amides is 1. The molecular formula is C22H21F2N7O. The van der Waals surface area contributed by atoms with E-state index in [2.05, 4.69) is 20.1 Å². The van der Waals surface area contributed by atoms with Gasteiger partial charge in [-0.05, 0) is 49.9 Å². The maximum atomic E-state index is 13.6. The molecule has 10 heteroatoms. The smallest absolute Gasteiger partial charge is 0.280 e. The van der Waals surface area contributed by atoms with Gasteiger partial charge in [-0.1, -0.05) is 0 Å². The molecule has 32 heavy (non-hydrogen) atoms. The van der Waals surface area contributed by atoms with Crippen LogP contribution in [0.5, 0.6) is 0 Å². The van der Waals surface area contributed by atoms with Crippen molar-refractivity contribution in [1.29, 1.82) is 0 Å². The fourth-order valence-electron chi connectivity index (χ4n) is 5.46. The van der Waals surface area contributed by atoms with Gasteiger partial charge in [0.2, 0.25) is 0 Å². The van der Waals surface area contributed by atoms with Gasteiger partial charge in [0.1, 0.15) is 12.0 Å². The van der Waals surface area contributed by atoms with Crippen LogP contribution in [0.25, 0.3) is 16.8 Å². The summed E-state index contributed by atoms with van der Waals surface area (Å²) in [5.41, 5.74) is 2.68. The predicted octanol–water partition coefficient (Wildman–Crippen LogP) is 3.50. The zero-order valence-corrected chi connectivity index (χ0v) is 17.4. The molecule has 3 atom stereocenters. The molecule has 2 aliphatic rings. The molecular weight excluding hydrogens is 416 g/mol. The second-order valence-corrected chi connectivity index (χ2v) is 8.63. The summed E-state index contributed by atoms with van der Waals surface area (Å²) in [5.74, 6) is 0.0186. The summed E-state index contributed by atoms with van der Waals surface area (Å²) >= 11 is 0. The largest absolute Gasteiger partial charge is 0.334 e. The Morgan fingerprint density at radius 2 is 1.97 bits per heavy atom. The standard InChI is InChI=1S/C22H21F2N7O/c1-29-11-26-15-8-12(2-6-18(15)29)21(32)30-13-3-5-14(17(30)7-4-13)19-9-16(20(23)24)28-22-25-10-27-31(19)22/h2,6,8-11,13-14,17,20H,3-5,7H2,1H3/t13-,14-,17-/m0/s1. The van der Waals surface area contributed by atoms with E-state index >= 15 is 0 Å². The molecule has 0 N–H and O–H groups in total. The number of hydrogen-bond donors (Lipinski definition) is 0. The highest BCUT2D eigenvalue weighted by atomic mass is 19.3. The molecule has 2 saturated heterocycles. The molecule has 0 unspecified atom stereocenters. The topological polar surface area (TPSA) is 81.2 Å². The van der Waals surface area contributed by atoms with Gasteiger partial charge in [0.25, 0.3) is 18.1 Å². The lowest BCUT2D eigenvalue weighted by molar-refractivity contribution is 0.0554. The van der Waals surface area contributed by atoms with Gasteiger partial charge in [0.05, 0.1) is 23.1 Å². The van der Waals surface area contributed by atoms with Crippen LogP contribution in [0, 0.1) is 0 Å². The van der Waals surface area contributed by atoms with Crippen LogP contribution in [0.4, 0.5) is 8.78 Å². The molecule has 0 radical (unpaired) electrons. The molecule has 2 fully saturated rings. The van der Waals surface area contributed by atoms with Gasteiger partial charge < -0.3 is 9.47 Å². The fraction of sp³-hybridized carbons (Fsp3) is 0.409. The first-order valence-electron chi connectivity index (χ1n) is 10.7. The Bertz CT molecular complexity index is 1350. The van der Waals surface area contributed by atoms with Crippen LogP contribution in [0.1, 0.15) is 59.8 Å². The summed E-state index contributed by atoms with van der Waals surface area (Å²) in [7, 11) is 1.92. The highest BCUT2D eigenvalue weighted by Gasteiger charge is 2.46. The minimum Gasteiger partial charge on any atom is -0.334 e. The quantitative estimate of drug-likeness (QED) is 0.490. The van der Waals surface area contributed by atoms with Crippen molar-refractivity contribution in [2.24, 2.45) is 7.05 Å². The van der Waals surface area contributed by atoms with Gasteiger partial charge in [-0.3, -0.25) is 4.79 Å². The molecule has 3 aromatic heterocycles. The third-order valence-corrected chi connectivity index (χ3v) is 6.93. The number of nitrogens with zero attached hydrogens (tertiary/aromatic N) is 7. The normalized spacial score (nSPS) is 23.0. The second-order valence-electron chi connectivity index (χ2n) is 8.63. The van der Waals surface area contributed by atoms with Crippen molar-refractivity contribution < 1.29 is 13.6 Å². The van der Waals surface area contributed by atoms with Crippen molar-refractivity contribution >= 4 is 22.7 Å². The SMILES string of the molecule is Cn1cnc2cc(C(=O)N3[C@H]4CC[C@H](c5cc(C(F)F)nc6ncnn56)[C@@H]3CC4)ccc21. The number of benzene rings is 1. The van der Waals surface area contributed by atoms with Crippen LogP contribution in [-0.2, 0) is 7.05 Å². The van der Waals surface area contributed by atoms with Crippen LogP contribution >= 0.6 is 0 Å². The van der Waals surface area contributed by atoms with Crippen molar-refractivity contribution in [2.45, 2.75) is 50.1 Å². The Kier molecular flexibility index (Phi) is 4.24. The first-order valence-corrected chi connectivity index (χ1v) is 10.7. The zero-order valence-electron chi connectivity index (χ0n) is 17.4. The van der Waals surface area contributed by atoms with Crippen LogP contribution in [0.2, 0.25) is 0 Å². The average molecular weight is 437 g/mol. The number of aryl methyl sites for hydroxylation is 1. The number of carbonyl (C=O) groups excluding carboxylic acids is 1. The van der Waals surface area contributed by atoms with E-state index in [1.807, 2.05) is 34.7 Å². The van der Waals surface area contributed by atoms with E-state index in [1.165, 1.54) is 16.9 Å². The van der Waals surface area contributed by atoms with Gasteiger partial charge in [-0.2, -0.15) is 10.1 Å². The summed E-state index contributed by atoms with van der Waals surface area (Å²) in [6.07, 6.45) is 3.72. The molecule has 1 aromatic carbocycles. The van der Waals surface area contributed by atoms with Gasteiger partial charge in [0, 0.05) is 30.6 Å². The molecule has 8 nitrogen and oxygen atoms in total. The molecule has 2 bridgehead atoms. The third-order valence-electron chi connectivity index (χ3n) is 6.93. The minimum atomic E-state index is -2.70. The molecule has 164 valence electrons. The van der Waals surface area contributed by atoms with E-state index in [4.69, 9.17) is 0 Å². The summed E-state index contributed by atoms with van der Waals surface area (Å²) in [6.45, 7) is 0. The number of fused-ring (bicyclic) bond motifs is 4. The third kappa shape index (κ3) is 2.81. The predicted molar refractivity (Wildman–Crippen MR) is 111 cm³/mol. The molecule has 0 spiro atoms. The number of carbonyl (C=O) groups is 1. The Balaban J connectivity index is 1.39. The zero-order chi connectivity index (χ0) is 22.0. The van der Waals surface area contributed by atoms with E-state index in [-0.39, 0.29) is 35.4 Å². The number of imidazole rings is 1. The number of piperidine rings is 1. The molecule has 1 amide bonds. The molecule has 0 aliphatic carbocycles. The second kappa shape index (κ2) is 7.04. The van der Waals surface area contributed by atoms with Crippen LogP contribution in [0.3, 0.4) is 0 Å². The molecule has 4 aromatic rings. The molecule has 5 heterocycles. The number of hydrogen-bond acceptors (Lipinski definition) is 5. The monoisotopic (exact) mass is 437 g/mol. The van der Waals surface area contributed by atoms with E-state index in [0.717, 1.165) is 36.7 Å². The van der Waals surface area contributed by atoms with Crippen molar-refractivity contribution in [3.63, 3.8) is 0 Å². The Hall–Kier alpha value is -3.43. The number of aromatic nitrogens is 6. The van der Waals surface area contributed by atoms with Crippen LogP contribution in [0.15, 0.2) is 36.9 Å². The highest BCUT2D eigenvalue weighted by molar-refractivity contribution is 5.98. The van der Waals surface area contributed by atoms with E-state index in [9.17, 15) is 13.6 Å². The first-order chi connectivity index (χ1) is 15.5. The highest BCUT2D eigenvalue weighted by Crippen LogP contribution is 2.45. The van der Waals surface area contributed by atoms with Crippen molar-refractivity contribution in [1.82, 2.24) is 34.0 Å². The summed E-state index contributed by atoms with van der Waals surface area (Å²) in [6, 6.07) is 7.09. The van der Waals surface area contributed by atoms with Crippen LogP contribution in [-0.4, -0.2) is 52.0 Å². The van der Waals surface area contributed by atoms with Crippen molar-refractivity contribution in [2.75, 3.05) is 0 Å². The fourth-order valence-corrected chi connectivity index (χ4v) is 5.46. The molecule has 6 rings (SSSR count). The maximum absolute atomic E-state index is 13.6. The van der Waals surface area contributed by atoms with Gasteiger partial charge in [-0.15, -0.1) is 0 Å². The Labute approximate surface area is 181 Å². The number of rotatable bonds is 3. The van der Waals surface area contributed by atoms with Gasteiger partial charge >= 0.3 is 0 Å². The van der Waals surface area contributed by atoms with Crippen molar-refractivity contribution in [3.8, 4) is 0 Å². The number of alkyl halides is 2. The lowest BCUT2D eigenvalue weighted by Gasteiger charge is -2.40. The van der Waals surface area contributed by atoms with Crippen LogP contribution < -0.4 is 0 Å². The Morgan fingerprint density at radius 3 is 2.81 bits per heavy atom. The first kappa shape index (κ1) is 19.3. The summed E-state index contributed by atoms with van der Waals surface area (Å²) in [5, 5.41) is 4.23. The Morgan fingerprint density at radius 1 is 1.12 bits per heavy atom. The summed E-state index contributed by atoms with van der Waals surface area (Å²) in [4.78, 5) is 27.9. The molecule has 0 saturated carbocycles. The lowest BCUT2D eigenvalue weighted by Crippen LogP contribution is -2.47. The van der Waals surface area contributed by atoms with Gasteiger partial charge in [0.15, 0.2) is 0 Å². The minimum absolute atomic E-state index is 0.0345. The number of halogens is 2. The van der Waals surface area contributed by atoms with Crippen molar-refractivity contribution in [3.05, 3.63) is 53.9 Å². The van der Waals surface area contributed by atoms with Gasteiger partial charge in [-0.25, -0.2) is 23.3 Å².